The number of carboxylic acid groups (broad SMARTS) is 1. The number of thiazole rings is 1. The van der Waals surface area contributed by atoms with Crippen molar-refractivity contribution in [2.45, 2.75) is 51.4 Å². The molecule has 2 N–H and O–H groups in total. The lowest BCUT2D eigenvalue weighted by molar-refractivity contribution is -0.137. The minimum atomic E-state index is -0.831. The highest BCUT2D eigenvalue weighted by Gasteiger charge is 2.26. The summed E-state index contributed by atoms with van der Waals surface area (Å²) in [6.07, 6.45) is 2.58. The highest BCUT2D eigenvalue weighted by Crippen LogP contribution is 2.30. The zero-order chi connectivity index (χ0) is 16.8. The Bertz CT molecular complexity index is 544. The molecule has 1 aromatic rings. The maximum absolute atomic E-state index is 12.2. The summed E-state index contributed by atoms with van der Waals surface area (Å²) in [7, 11) is 0. The molecule has 1 unspecified atom stereocenters. The molecule has 0 aromatic carbocycles. The van der Waals surface area contributed by atoms with Crippen molar-refractivity contribution in [3.63, 3.8) is 0 Å². The van der Waals surface area contributed by atoms with Crippen LogP contribution in [0.5, 0.6) is 0 Å². The van der Waals surface area contributed by atoms with Crippen molar-refractivity contribution in [1.82, 2.24) is 15.2 Å². The number of nitrogens with one attached hydrogen (secondary N) is 1. The molecule has 1 atom stereocenters. The van der Waals surface area contributed by atoms with E-state index in [1.54, 1.807) is 11.3 Å². The van der Waals surface area contributed by atoms with Gasteiger partial charge in [-0.2, -0.15) is 0 Å². The van der Waals surface area contributed by atoms with Gasteiger partial charge in [-0.05, 0) is 25.2 Å². The minimum absolute atomic E-state index is 0.0833. The SMILES string of the molecule is CC(C)c1csc(C2CCCN(C(=O)NCCCC(=O)O)C2)n1. The maximum atomic E-state index is 12.2. The first-order valence-electron chi connectivity index (χ1n) is 8.17. The number of urea groups is 1. The molecule has 2 rings (SSSR count). The zero-order valence-electron chi connectivity index (χ0n) is 13.7. The Labute approximate surface area is 140 Å². The summed E-state index contributed by atoms with van der Waals surface area (Å²) >= 11 is 1.69. The molecule has 0 radical (unpaired) electrons. The predicted octanol–water partition coefficient (Wildman–Crippen LogP) is 3.02. The standard InChI is InChI=1S/C16H25N3O3S/c1-11(2)13-10-23-15(18-13)12-5-4-8-19(9-12)16(22)17-7-3-6-14(20)21/h10-12H,3-9H2,1-2H3,(H,17,22)(H,20,21). The van der Waals surface area contributed by atoms with Gasteiger partial charge in [-0.1, -0.05) is 13.8 Å². The van der Waals surface area contributed by atoms with Crippen LogP contribution in [0.3, 0.4) is 0 Å². The number of aromatic nitrogens is 1. The summed E-state index contributed by atoms with van der Waals surface area (Å²) in [4.78, 5) is 29.2. The lowest BCUT2D eigenvalue weighted by Crippen LogP contribution is -2.45. The van der Waals surface area contributed by atoms with E-state index in [4.69, 9.17) is 10.1 Å². The van der Waals surface area contributed by atoms with Crippen molar-refractivity contribution >= 4 is 23.3 Å². The third-order valence-corrected chi connectivity index (χ3v) is 5.06. The van der Waals surface area contributed by atoms with E-state index in [-0.39, 0.29) is 12.5 Å². The number of carbonyl (C=O) groups excluding carboxylic acids is 1. The van der Waals surface area contributed by atoms with Crippen LogP contribution >= 0.6 is 11.3 Å². The van der Waals surface area contributed by atoms with E-state index < -0.39 is 5.97 Å². The van der Waals surface area contributed by atoms with E-state index in [0.29, 0.717) is 31.3 Å². The fraction of sp³-hybridized carbons (Fsp3) is 0.688. The molecular weight excluding hydrogens is 314 g/mol. The number of piperidine rings is 1. The Morgan fingerprint density at radius 2 is 2.30 bits per heavy atom. The number of hydrogen-bond acceptors (Lipinski definition) is 4. The number of carbonyl (C=O) groups is 2. The second-order valence-electron chi connectivity index (χ2n) is 6.28. The van der Waals surface area contributed by atoms with Crippen molar-refractivity contribution in [3.05, 3.63) is 16.1 Å². The largest absolute Gasteiger partial charge is 0.481 e. The third-order valence-electron chi connectivity index (χ3n) is 4.03. The molecule has 2 heterocycles. The number of rotatable bonds is 6. The van der Waals surface area contributed by atoms with Crippen LogP contribution in [0.15, 0.2) is 5.38 Å². The molecule has 23 heavy (non-hydrogen) atoms. The second-order valence-corrected chi connectivity index (χ2v) is 7.17. The molecule has 1 aliphatic rings. The van der Waals surface area contributed by atoms with Crippen LogP contribution in [0.25, 0.3) is 0 Å². The quantitative estimate of drug-likeness (QED) is 0.781. The predicted molar refractivity (Wildman–Crippen MR) is 90.0 cm³/mol. The molecule has 0 saturated carbocycles. The highest BCUT2D eigenvalue weighted by atomic mass is 32.1. The molecule has 0 spiro atoms. The number of aliphatic carboxylic acids is 1. The number of likely N-dealkylation sites (tertiary alicyclic amines) is 1. The lowest BCUT2D eigenvalue weighted by atomic mass is 9.99. The number of amides is 2. The zero-order valence-corrected chi connectivity index (χ0v) is 14.6. The van der Waals surface area contributed by atoms with Gasteiger partial charge in [0.05, 0.1) is 10.7 Å². The minimum Gasteiger partial charge on any atom is -0.481 e. The lowest BCUT2D eigenvalue weighted by Gasteiger charge is -2.31. The van der Waals surface area contributed by atoms with Crippen LogP contribution < -0.4 is 5.32 Å². The summed E-state index contributed by atoms with van der Waals surface area (Å²) in [6.45, 7) is 6.12. The van der Waals surface area contributed by atoms with E-state index >= 15 is 0 Å². The van der Waals surface area contributed by atoms with Crippen molar-refractivity contribution in [2.75, 3.05) is 19.6 Å². The molecule has 0 aliphatic carbocycles. The monoisotopic (exact) mass is 339 g/mol. The van der Waals surface area contributed by atoms with Gasteiger partial charge in [0, 0.05) is 37.4 Å². The first kappa shape index (κ1) is 17.7. The fourth-order valence-corrected chi connectivity index (χ4v) is 3.77. The van der Waals surface area contributed by atoms with Crippen LogP contribution in [-0.2, 0) is 4.79 Å². The average molecular weight is 339 g/mol. The third kappa shape index (κ3) is 5.20. The van der Waals surface area contributed by atoms with E-state index in [1.165, 1.54) is 0 Å². The van der Waals surface area contributed by atoms with E-state index in [1.807, 2.05) is 4.90 Å². The molecule has 6 nitrogen and oxygen atoms in total. The molecule has 1 saturated heterocycles. The van der Waals surface area contributed by atoms with Crippen LogP contribution in [0.1, 0.15) is 62.1 Å². The van der Waals surface area contributed by atoms with E-state index in [0.717, 1.165) is 30.1 Å². The molecule has 2 amide bonds. The molecule has 128 valence electrons. The molecule has 1 aromatic heterocycles. The smallest absolute Gasteiger partial charge is 0.317 e. The highest BCUT2D eigenvalue weighted by molar-refractivity contribution is 7.09. The Morgan fingerprint density at radius 3 is 2.96 bits per heavy atom. The van der Waals surface area contributed by atoms with Gasteiger partial charge in [-0.3, -0.25) is 4.79 Å². The Kier molecular flexibility index (Phi) is 6.38. The number of hydrogen-bond donors (Lipinski definition) is 2. The molecule has 1 fully saturated rings. The topological polar surface area (TPSA) is 82.5 Å². The summed E-state index contributed by atoms with van der Waals surface area (Å²) in [6, 6.07) is -0.0965. The first-order chi connectivity index (χ1) is 11.0. The van der Waals surface area contributed by atoms with Crippen LogP contribution in [0, 0.1) is 0 Å². The average Bonchev–Trinajstić information content (AvgIpc) is 3.01. The second kappa shape index (κ2) is 8.29. The Balaban J connectivity index is 1.84. The van der Waals surface area contributed by atoms with Gasteiger partial charge in [0.25, 0.3) is 0 Å². The van der Waals surface area contributed by atoms with Gasteiger partial charge in [-0.25, -0.2) is 9.78 Å². The Morgan fingerprint density at radius 1 is 1.52 bits per heavy atom. The van der Waals surface area contributed by atoms with Gasteiger partial charge in [0.1, 0.15) is 0 Å². The molecule has 1 aliphatic heterocycles. The summed E-state index contributed by atoms with van der Waals surface area (Å²) < 4.78 is 0. The summed E-state index contributed by atoms with van der Waals surface area (Å²) in [5.74, 6) is -0.0924. The fourth-order valence-electron chi connectivity index (χ4n) is 2.66. The van der Waals surface area contributed by atoms with Crippen molar-refractivity contribution in [3.8, 4) is 0 Å². The molecular formula is C16H25N3O3S. The van der Waals surface area contributed by atoms with Gasteiger partial charge in [0.15, 0.2) is 0 Å². The summed E-state index contributed by atoms with van der Waals surface area (Å²) in [5, 5.41) is 14.6. The van der Waals surface area contributed by atoms with Gasteiger partial charge in [-0.15, -0.1) is 11.3 Å². The van der Waals surface area contributed by atoms with E-state index in [2.05, 4.69) is 24.5 Å². The molecule has 0 bridgehead atoms. The number of nitrogens with zero attached hydrogens (tertiary/aromatic N) is 2. The van der Waals surface area contributed by atoms with Crippen LogP contribution in [-0.4, -0.2) is 46.6 Å². The van der Waals surface area contributed by atoms with Gasteiger partial charge in [0.2, 0.25) is 0 Å². The van der Waals surface area contributed by atoms with Crippen LogP contribution in [0.2, 0.25) is 0 Å². The molecule has 7 heteroatoms. The normalized spacial score (nSPS) is 18.2. The van der Waals surface area contributed by atoms with Gasteiger partial charge < -0.3 is 15.3 Å². The van der Waals surface area contributed by atoms with Crippen molar-refractivity contribution in [1.29, 1.82) is 0 Å². The number of carboxylic acids is 1. The Hall–Kier alpha value is -1.63. The summed E-state index contributed by atoms with van der Waals surface area (Å²) in [5.41, 5.74) is 1.13. The van der Waals surface area contributed by atoms with Crippen LogP contribution in [0.4, 0.5) is 4.79 Å². The van der Waals surface area contributed by atoms with Crippen molar-refractivity contribution < 1.29 is 14.7 Å². The first-order valence-corrected chi connectivity index (χ1v) is 9.05. The van der Waals surface area contributed by atoms with Gasteiger partial charge >= 0.3 is 12.0 Å². The van der Waals surface area contributed by atoms with Crippen molar-refractivity contribution in [2.24, 2.45) is 0 Å². The maximum Gasteiger partial charge on any atom is 0.317 e. The van der Waals surface area contributed by atoms with E-state index in [9.17, 15) is 9.59 Å².